The molecule has 0 amide bonds. The van der Waals surface area contributed by atoms with Crippen molar-refractivity contribution in [2.24, 2.45) is 5.14 Å². The molecule has 0 bridgehead atoms. The molecule has 0 fully saturated rings. The highest BCUT2D eigenvalue weighted by Crippen LogP contribution is 2.33. The molecule has 23 heavy (non-hydrogen) atoms. The number of rotatable bonds is 3. The number of hydrogen-bond donors (Lipinski definition) is 2. The first-order chi connectivity index (χ1) is 10.7. The van der Waals surface area contributed by atoms with Gasteiger partial charge >= 0.3 is 0 Å². The molecule has 7 nitrogen and oxygen atoms in total. The third-order valence-electron chi connectivity index (χ3n) is 2.65. The zero-order valence-corrected chi connectivity index (χ0v) is 13.6. The molecular weight excluding hydrogens is 320 g/mol. The van der Waals surface area contributed by atoms with E-state index in [2.05, 4.69) is 13.8 Å². The van der Waals surface area contributed by atoms with Crippen LogP contribution in [-0.2, 0) is 10.0 Å². The fraction of sp³-hybridized carbons (Fsp3) is 0.200. The van der Waals surface area contributed by atoms with Gasteiger partial charge in [0.05, 0.1) is 15.4 Å². The van der Waals surface area contributed by atoms with Gasteiger partial charge in [-0.05, 0) is 29.8 Å². The summed E-state index contributed by atoms with van der Waals surface area (Å²) >= 11 is 0. The Balaban J connectivity index is 0.000000816. The van der Waals surface area contributed by atoms with Crippen molar-refractivity contribution in [1.29, 1.82) is 0 Å². The van der Waals surface area contributed by atoms with E-state index in [0.717, 1.165) is 6.07 Å². The van der Waals surface area contributed by atoms with Crippen molar-refractivity contribution in [3.8, 4) is 16.9 Å². The number of sulfonamides is 1. The third-order valence-corrected chi connectivity index (χ3v) is 3.56. The first-order valence-corrected chi connectivity index (χ1v) is 8.36. The molecule has 0 saturated carbocycles. The zero-order valence-electron chi connectivity index (χ0n) is 12.8. The Hall–Kier alpha value is -2.45. The number of benzene rings is 2. The van der Waals surface area contributed by atoms with E-state index in [1.807, 2.05) is 0 Å². The second kappa shape index (κ2) is 7.70. The summed E-state index contributed by atoms with van der Waals surface area (Å²) in [6, 6.07) is 9.23. The largest absolute Gasteiger partial charge is 0.508 e. The summed E-state index contributed by atoms with van der Waals surface area (Å²) in [5.74, 6) is -0.0488. The molecule has 0 aliphatic carbocycles. The predicted octanol–water partition coefficient (Wildman–Crippen LogP) is 3.03. The van der Waals surface area contributed by atoms with Crippen molar-refractivity contribution < 1.29 is 18.4 Å². The van der Waals surface area contributed by atoms with Crippen molar-refractivity contribution in [2.45, 2.75) is 25.2 Å². The lowest BCUT2D eigenvalue weighted by Crippen LogP contribution is -2.12. The van der Waals surface area contributed by atoms with E-state index >= 15 is 0 Å². The molecule has 8 heteroatoms. The minimum absolute atomic E-state index is 0.0488. The van der Waals surface area contributed by atoms with Gasteiger partial charge in [0.1, 0.15) is 5.75 Å². The van der Waals surface area contributed by atoms with Gasteiger partial charge in [0.15, 0.2) is 0 Å². The maximum atomic E-state index is 11.2. The molecule has 0 aromatic heterocycles. The van der Waals surface area contributed by atoms with Crippen LogP contribution < -0.4 is 5.14 Å². The van der Waals surface area contributed by atoms with Gasteiger partial charge in [-0.1, -0.05) is 32.4 Å². The molecule has 0 aliphatic rings. The van der Waals surface area contributed by atoms with Crippen LogP contribution in [0, 0.1) is 10.1 Å². The quantitative estimate of drug-likeness (QED) is 0.657. The van der Waals surface area contributed by atoms with Crippen LogP contribution in [0.2, 0.25) is 0 Å². The molecular formula is C15H18N2O5S. The van der Waals surface area contributed by atoms with Crippen molar-refractivity contribution in [1.82, 2.24) is 0 Å². The zero-order chi connectivity index (χ0) is 17.6. The molecule has 3 N–H and O–H groups in total. The lowest BCUT2D eigenvalue weighted by molar-refractivity contribution is -0.384. The number of hydrogen-bond acceptors (Lipinski definition) is 5. The highest BCUT2D eigenvalue weighted by Gasteiger charge is 2.20. The van der Waals surface area contributed by atoms with Crippen molar-refractivity contribution in [3.05, 3.63) is 52.6 Å². The van der Waals surface area contributed by atoms with E-state index < -0.39 is 20.6 Å². The highest BCUT2D eigenvalue weighted by atomic mass is 32.2. The average molecular weight is 338 g/mol. The van der Waals surface area contributed by atoms with E-state index in [9.17, 15) is 23.6 Å². The van der Waals surface area contributed by atoms with E-state index in [0.29, 0.717) is 5.56 Å². The molecule has 0 atom stereocenters. The monoisotopic (exact) mass is 338 g/mol. The molecule has 0 spiro atoms. The first-order valence-electron chi connectivity index (χ1n) is 6.81. The molecule has 124 valence electrons. The second-order valence-electron chi connectivity index (χ2n) is 4.74. The molecule has 0 unspecified atom stereocenters. The molecule has 2 rings (SSSR count). The number of primary sulfonamides is 1. The molecule has 0 aliphatic heterocycles. The Morgan fingerprint density at radius 3 is 2.26 bits per heavy atom. The summed E-state index contributed by atoms with van der Waals surface area (Å²) in [6.45, 7) is 4.25. The smallest absolute Gasteiger partial charge is 0.278 e. The van der Waals surface area contributed by atoms with Gasteiger partial charge in [0, 0.05) is 6.07 Å². The summed E-state index contributed by atoms with van der Waals surface area (Å²) in [4.78, 5) is 10.0. The fourth-order valence-corrected chi connectivity index (χ4v) is 2.29. The SMILES string of the molecule is CCC.NS(=O)(=O)c1ccc(-c2cccc(O)c2)c([N+](=O)[O-])c1. The third kappa shape index (κ3) is 5.04. The lowest BCUT2D eigenvalue weighted by Gasteiger charge is -2.05. The van der Waals surface area contributed by atoms with Crippen LogP contribution in [0.3, 0.4) is 0 Å². The summed E-state index contributed by atoms with van der Waals surface area (Å²) in [7, 11) is -4.02. The fourth-order valence-electron chi connectivity index (χ4n) is 1.76. The highest BCUT2D eigenvalue weighted by molar-refractivity contribution is 7.89. The van der Waals surface area contributed by atoms with Crippen LogP contribution in [0.15, 0.2) is 47.4 Å². The molecule has 2 aromatic carbocycles. The van der Waals surface area contributed by atoms with Crippen molar-refractivity contribution >= 4 is 15.7 Å². The van der Waals surface area contributed by atoms with Crippen LogP contribution in [0.25, 0.3) is 11.1 Å². The second-order valence-corrected chi connectivity index (χ2v) is 6.30. The predicted molar refractivity (Wildman–Crippen MR) is 87.5 cm³/mol. The van der Waals surface area contributed by atoms with Gasteiger partial charge in [-0.15, -0.1) is 0 Å². The summed E-state index contributed by atoms with van der Waals surface area (Å²) in [6.07, 6.45) is 1.25. The maximum Gasteiger partial charge on any atom is 0.278 e. The number of aromatic hydroxyl groups is 1. The van der Waals surface area contributed by atoms with Crippen molar-refractivity contribution in [3.63, 3.8) is 0 Å². The van der Waals surface area contributed by atoms with Gasteiger partial charge in [-0.2, -0.15) is 0 Å². The summed E-state index contributed by atoms with van der Waals surface area (Å²) in [5, 5.41) is 25.4. The van der Waals surface area contributed by atoms with Crippen LogP contribution in [0.1, 0.15) is 20.3 Å². The van der Waals surface area contributed by atoms with Crippen molar-refractivity contribution in [2.75, 3.05) is 0 Å². The van der Waals surface area contributed by atoms with Gasteiger partial charge in [-0.3, -0.25) is 10.1 Å². The standard InChI is InChI=1S/C12H10N2O5S.C3H8/c13-20(18,19)10-4-5-11(12(7-10)14(16)17)8-2-1-3-9(15)6-8;1-3-2/h1-7,15H,(H2,13,18,19);3H2,1-2H3. The van der Waals surface area contributed by atoms with Gasteiger partial charge in [0.25, 0.3) is 5.69 Å². The summed E-state index contributed by atoms with van der Waals surface area (Å²) in [5.41, 5.74) is 0.193. The minimum Gasteiger partial charge on any atom is -0.508 e. The number of phenolic OH excluding ortho intramolecular Hbond substituents is 1. The number of phenols is 1. The summed E-state index contributed by atoms with van der Waals surface area (Å²) < 4.78 is 22.4. The average Bonchev–Trinajstić information content (AvgIpc) is 2.46. The van der Waals surface area contributed by atoms with Gasteiger partial charge < -0.3 is 5.11 Å². The van der Waals surface area contributed by atoms with Crippen LogP contribution in [0.4, 0.5) is 5.69 Å². The van der Waals surface area contributed by atoms with Crippen LogP contribution in [-0.4, -0.2) is 18.4 Å². The number of nitrogens with zero attached hydrogens (tertiary/aromatic N) is 1. The van der Waals surface area contributed by atoms with Gasteiger partial charge in [0.2, 0.25) is 10.0 Å². The van der Waals surface area contributed by atoms with E-state index in [-0.39, 0.29) is 16.2 Å². The Morgan fingerprint density at radius 2 is 1.78 bits per heavy atom. The minimum atomic E-state index is -4.02. The lowest BCUT2D eigenvalue weighted by atomic mass is 10.0. The van der Waals surface area contributed by atoms with E-state index in [1.165, 1.54) is 36.8 Å². The first kappa shape index (κ1) is 18.6. The Labute approximate surface area is 134 Å². The molecule has 0 saturated heterocycles. The topological polar surface area (TPSA) is 124 Å². The van der Waals surface area contributed by atoms with Crippen LogP contribution >= 0.6 is 0 Å². The van der Waals surface area contributed by atoms with Gasteiger partial charge in [-0.25, -0.2) is 13.6 Å². The normalized spacial score (nSPS) is 10.6. The molecule has 2 aromatic rings. The number of nitro benzene ring substituents is 1. The number of nitro groups is 1. The van der Waals surface area contributed by atoms with E-state index in [4.69, 9.17) is 5.14 Å². The van der Waals surface area contributed by atoms with Crippen LogP contribution in [0.5, 0.6) is 5.75 Å². The maximum absolute atomic E-state index is 11.2. The molecule has 0 radical (unpaired) electrons. The Morgan fingerprint density at radius 1 is 1.17 bits per heavy atom. The molecule has 0 heterocycles. The van der Waals surface area contributed by atoms with E-state index in [1.54, 1.807) is 6.07 Å². The Bertz CT molecular complexity index is 803. The Kier molecular flexibility index (Phi) is 6.23. The number of nitrogens with two attached hydrogens (primary N) is 1.